The maximum Gasteiger partial charge on any atom is 0.425 e. The molecule has 3 unspecified atom stereocenters. The highest BCUT2D eigenvalue weighted by Gasteiger charge is 2.80. The van der Waals surface area contributed by atoms with E-state index in [1.54, 1.807) is 0 Å². The lowest BCUT2D eigenvalue weighted by Crippen LogP contribution is -2.65. The number of halogens is 5. The van der Waals surface area contributed by atoms with Gasteiger partial charge in [-0.05, 0) is 24.7 Å². The van der Waals surface area contributed by atoms with Crippen LogP contribution >= 0.6 is 0 Å². The average Bonchev–Trinajstić information content (AvgIpc) is 2.58. The summed E-state index contributed by atoms with van der Waals surface area (Å²) in [7, 11) is -12.4. The minimum Gasteiger partial charge on any atom is -0.283 e. The second-order valence-corrected chi connectivity index (χ2v) is 10.7. The van der Waals surface area contributed by atoms with Crippen LogP contribution in [0.3, 0.4) is 0 Å². The summed E-state index contributed by atoms with van der Waals surface area (Å²) < 4.78 is 127. The summed E-state index contributed by atoms with van der Waals surface area (Å²) in [6.07, 6.45) is 1.46. The number of hydrogen-bond acceptors (Lipinski definition) is 4. The van der Waals surface area contributed by atoms with E-state index in [0.29, 0.717) is 13.3 Å². The molecular weight excluding hydrogens is 421 g/mol. The quantitative estimate of drug-likeness (QED) is 0.503. The molecule has 0 aromatic carbocycles. The van der Waals surface area contributed by atoms with E-state index in [4.69, 9.17) is 4.55 Å². The second kappa shape index (κ2) is 7.06. The molecule has 0 spiro atoms. The fourth-order valence-corrected chi connectivity index (χ4v) is 6.32. The van der Waals surface area contributed by atoms with Gasteiger partial charge in [0.05, 0.1) is 0 Å². The Balaban J connectivity index is 2.41. The van der Waals surface area contributed by atoms with Crippen LogP contribution in [0.15, 0.2) is 0 Å². The number of piperidine rings is 1. The highest BCUT2D eigenvalue weighted by Crippen LogP contribution is 2.52. The van der Waals surface area contributed by atoms with E-state index >= 15 is 0 Å². The summed E-state index contributed by atoms with van der Waals surface area (Å²) in [4.78, 5) is 0. The molecule has 27 heavy (non-hydrogen) atoms. The molecule has 1 saturated carbocycles. The zero-order valence-corrected chi connectivity index (χ0v) is 16.2. The zero-order chi connectivity index (χ0) is 20.9. The zero-order valence-electron chi connectivity index (χ0n) is 14.5. The Morgan fingerprint density at radius 2 is 1.48 bits per heavy atom. The Morgan fingerprint density at radius 3 is 1.96 bits per heavy atom. The molecule has 0 bridgehead atoms. The molecule has 0 aromatic rings. The smallest absolute Gasteiger partial charge is 0.283 e. The Morgan fingerprint density at radius 1 is 0.963 bits per heavy atom. The van der Waals surface area contributed by atoms with Crippen molar-refractivity contribution in [3.8, 4) is 0 Å². The third-order valence-corrected chi connectivity index (χ3v) is 8.89. The molecule has 1 saturated heterocycles. The molecule has 1 N–H and O–H groups in total. The maximum absolute atomic E-state index is 14.4. The molecule has 0 radical (unpaired) electrons. The predicted octanol–water partition coefficient (Wildman–Crippen LogP) is 3.02. The van der Waals surface area contributed by atoms with Crippen LogP contribution < -0.4 is 0 Å². The van der Waals surface area contributed by atoms with E-state index in [-0.39, 0.29) is 22.6 Å². The van der Waals surface area contributed by atoms with Crippen molar-refractivity contribution in [1.82, 2.24) is 4.31 Å². The van der Waals surface area contributed by atoms with Crippen LogP contribution in [0.2, 0.25) is 0 Å². The monoisotopic (exact) mass is 443 g/mol. The van der Waals surface area contributed by atoms with Gasteiger partial charge in [-0.25, -0.2) is 12.8 Å². The summed E-state index contributed by atoms with van der Waals surface area (Å²) in [6, 6.07) is 0. The first kappa shape index (κ1) is 22.8. The molecule has 2 rings (SSSR count). The molecule has 2 fully saturated rings. The van der Waals surface area contributed by atoms with Crippen molar-refractivity contribution in [1.29, 1.82) is 0 Å². The lowest BCUT2D eigenvalue weighted by molar-refractivity contribution is -0.211. The Labute approximate surface area is 154 Å². The van der Waals surface area contributed by atoms with E-state index in [0.717, 1.165) is 19.3 Å². The first-order chi connectivity index (χ1) is 12.1. The molecule has 160 valence electrons. The summed E-state index contributed by atoms with van der Waals surface area (Å²) in [5, 5.41) is -11.2. The maximum atomic E-state index is 14.4. The van der Waals surface area contributed by atoms with Gasteiger partial charge in [-0.3, -0.25) is 4.55 Å². The molecule has 1 aliphatic carbocycles. The van der Waals surface area contributed by atoms with Gasteiger partial charge in [-0.1, -0.05) is 26.2 Å². The van der Waals surface area contributed by atoms with E-state index in [1.807, 2.05) is 0 Å². The largest absolute Gasteiger partial charge is 0.425 e. The summed E-state index contributed by atoms with van der Waals surface area (Å²) in [5.41, 5.74) is 0. The van der Waals surface area contributed by atoms with E-state index in [2.05, 4.69) is 0 Å². The second-order valence-electron chi connectivity index (χ2n) is 7.10. The van der Waals surface area contributed by atoms with Crippen molar-refractivity contribution in [2.45, 2.75) is 61.6 Å². The highest BCUT2D eigenvalue weighted by molar-refractivity contribution is 7.90. The molecule has 13 heteroatoms. The number of alkyl halides is 5. The third kappa shape index (κ3) is 3.38. The molecule has 0 aromatic heterocycles. The lowest BCUT2D eigenvalue weighted by atomic mass is 9.76. The number of fused-ring (bicyclic) bond motifs is 1. The van der Waals surface area contributed by atoms with Crippen molar-refractivity contribution in [2.24, 2.45) is 11.8 Å². The first-order valence-corrected chi connectivity index (χ1v) is 11.4. The van der Waals surface area contributed by atoms with Crippen molar-refractivity contribution in [3.63, 3.8) is 0 Å². The Kier molecular flexibility index (Phi) is 5.95. The summed E-state index contributed by atoms with van der Waals surface area (Å²) in [5.74, 6) is -6.37. The molecule has 6 nitrogen and oxygen atoms in total. The minimum absolute atomic E-state index is 0.105. The van der Waals surface area contributed by atoms with Crippen LogP contribution in [0.5, 0.6) is 0 Å². The van der Waals surface area contributed by atoms with Gasteiger partial charge in [-0.15, -0.1) is 0 Å². The van der Waals surface area contributed by atoms with E-state index in [9.17, 15) is 38.8 Å². The van der Waals surface area contributed by atoms with Crippen molar-refractivity contribution < 1.29 is 43.3 Å². The van der Waals surface area contributed by atoms with Crippen LogP contribution in [0.1, 0.15) is 45.4 Å². The number of sulfonamides is 1. The number of nitrogens with zero attached hydrogens (tertiary/aromatic N) is 1. The van der Waals surface area contributed by atoms with Crippen molar-refractivity contribution in [2.75, 3.05) is 13.1 Å². The minimum atomic E-state index is -6.35. The molecule has 1 heterocycles. The number of rotatable bonds is 6. The normalized spacial score (nSPS) is 28.4. The van der Waals surface area contributed by atoms with Gasteiger partial charge in [0.25, 0.3) is 10.0 Å². The van der Waals surface area contributed by atoms with Crippen LogP contribution in [-0.2, 0) is 20.1 Å². The average molecular weight is 443 g/mol. The lowest BCUT2D eigenvalue weighted by Gasteiger charge is -2.43. The topological polar surface area (TPSA) is 91.8 Å². The fraction of sp³-hybridized carbons (Fsp3) is 1.00. The Bertz CT molecular complexity index is 773. The van der Waals surface area contributed by atoms with Gasteiger partial charge in [-0.2, -0.15) is 30.3 Å². The molecule has 0 amide bonds. The van der Waals surface area contributed by atoms with Gasteiger partial charge >= 0.3 is 26.3 Å². The van der Waals surface area contributed by atoms with E-state index in [1.165, 1.54) is 0 Å². The summed E-state index contributed by atoms with van der Waals surface area (Å²) >= 11 is 0. The summed E-state index contributed by atoms with van der Waals surface area (Å²) in [6.45, 7) is -0.361. The number of hydrogen-bond donors (Lipinski definition) is 1. The van der Waals surface area contributed by atoms with Crippen LogP contribution in [0.4, 0.5) is 22.0 Å². The van der Waals surface area contributed by atoms with Gasteiger partial charge in [0.2, 0.25) is 0 Å². The third-order valence-electron chi connectivity index (χ3n) is 5.62. The molecule has 1 aliphatic heterocycles. The Hall–Kier alpha value is -0.530. The molecule has 2 aliphatic rings. The highest BCUT2D eigenvalue weighted by atomic mass is 32.2. The van der Waals surface area contributed by atoms with Gasteiger partial charge in [0.1, 0.15) is 0 Å². The fourth-order valence-electron chi connectivity index (χ4n) is 3.89. The van der Waals surface area contributed by atoms with Gasteiger partial charge in [0.15, 0.2) is 0 Å². The van der Waals surface area contributed by atoms with Gasteiger partial charge < -0.3 is 0 Å². The van der Waals surface area contributed by atoms with Crippen LogP contribution in [0.25, 0.3) is 0 Å². The standard InChI is InChI=1S/C14H22F5NO5S2/c1-2-12(15,27(23,24)25)13(16,17)14(18,19)26(21,22)20-8-7-10-5-3-4-6-11(10)9-20/h10-11H,2-9H2,1H3,(H,23,24,25). The first-order valence-electron chi connectivity index (χ1n) is 8.54. The van der Waals surface area contributed by atoms with E-state index < -0.39 is 55.8 Å². The van der Waals surface area contributed by atoms with Crippen LogP contribution in [-0.4, -0.2) is 55.0 Å². The molecule has 3 atom stereocenters. The van der Waals surface area contributed by atoms with Crippen molar-refractivity contribution >= 4 is 20.1 Å². The molecular formula is C14H22F5NO5S2. The predicted molar refractivity (Wildman–Crippen MR) is 86.1 cm³/mol. The van der Waals surface area contributed by atoms with Crippen molar-refractivity contribution in [3.05, 3.63) is 0 Å². The van der Waals surface area contributed by atoms with Gasteiger partial charge in [0, 0.05) is 19.5 Å². The SMILES string of the molecule is CCC(F)(C(F)(F)C(F)(F)S(=O)(=O)N1CCC2CCCCC2C1)S(=O)(=O)O. The van der Waals surface area contributed by atoms with Crippen LogP contribution in [0, 0.1) is 11.8 Å².